The molecule has 0 saturated carbocycles. The first kappa shape index (κ1) is 20.3. The maximum atomic E-state index is 12.2. The lowest BCUT2D eigenvalue weighted by Gasteiger charge is -2.22. The zero-order chi connectivity index (χ0) is 22.1. The summed E-state index contributed by atoms with van der Waals surface area (Å²) in [7, 11) is 0. The van der Waals surface area contributed by atoms with Gasteiger partial charge in [0.2, 0.25) is 11.8 Å². The number of rotatable bonds is 4. The number of aryl methyl sites for hydroxylation is 1. The maximum Gasteiger partial charge on any atom is 0.319 e. The molecule has 1 unspecified atom stereocenters. The van der Waals surface area contributed by atoms with Crippen LogP contribution in [0, 0.1) is 6.92 Å². The number of nitrogens with zero attached hydrogens (tertiary/aromatic N) is 1. The molecule has 2 aromatic carbocycles. The van der Waals surface area contributed by atoms with Gasteiger partial charge in [-0.25, -0.2) is 4.79 Å². The minimum atomic E-state index is -0.647. The number of carbonyl (C=O) groups excluding carboxylic acids is 3. The summed E-state index contributed by atoms with van der Waals surface area (Å²) >= 11 is 0. The Labute approximate surface area is 177 Å². The Morgan fingerprint density at radius 2 is 2.00 bits per heavy atom. The van der Waals surface area contributed by atoms with Crippen LogP contribution in [0.15, 0.2) is 42.6 Å². The molecule has 5 N–H and O–H groups in total. The number of piperidine rings is 1. The third-order valence-electron chi connectivity index (χ3n) is 5.33. The number of hydrogen-bond acceptors (Lipinski definition) is 5. The van der Waals surface area contributed by atoms with Gasteiger partial charge >= 0.3 is 6.03 Å². The van der Waals surface area contributed by atoms with Crippen molar-refractivity contribution in [3.63, 3.8) is 0 Å². The van der Waals surface area contributed by atoms with Crippen LogP contribution >= 0.6 is 0 Å². The molecule has 1 aromatic heterocycles. The predicted molar refractivity (Wildman–Crippen MR) is 114 cm³/mol. The number of benzene rings is 2. The molecule has 0 spiro atoms. The second-order valence-electron chi connectivity index (χ2n) is 7.56. The third-order valence-corrected chi connectivity index (χ3v) is 5.33. The molecular weight excluding hydrogens is 400 g/mol. The molecule has 31 heavy (non-hydrogen) atoms. The van der Waals surface area contributed by atoms with E-state index in [-0.39, 0.29) is 30.5 Å². The first-order valence-electron chi connectivity index (χ1n) is 9.82. The topological polar surface area (TPSA) is 133 Å². The van der Waals surface area contributed by atoms with Crippen molar-refractivity contribution in [3.8, 4) is 11.6 Å². The summed E-state index contributed by atoms with van der Waals surface area (Å²) in [6.45, 7) is 1.99. The van der Waals surface area contributed by atoms with Gasteiger partial charge in [-0.2, -0.15) is 0 Å². The van der Waals surface area contributed by atoms with Gasteiger partial charge in [-0.3, -0.25) is 14.9 Å². The van der Waals surface area contributed by atoms with Crippen molar-refractivity contribution < 1.29 is 24.6 Å². The van der Waals surface area contributed by atoms with Gasteiger partial charge in [0.1, 0.15) is 11.8 Å². The van der Waals surface area contributed by atoms with Crippen LogP contribution in [0.3, 0.4) is 0 Å². The van der Waals surface area contributed by atoms with Crippen LogP contribution in [-0.4, -0.2) is 32.6 Å². The summed E-state index contributed by atoms with van der Waals surface area (Å²) < 4.78 is 1.48. The molecule has 160 valence electrons. The molecular formula is C22H22N4O5. The predicted octanol–water partition coefficient (Wildman–Crippen LogP) is 2.66. The fourth-order valence-electron chi connectivity index (χ4n) is 3.66. The Balaban J connectivity index is 1.45. The lowest BCUT2D eigenvalue weighted by molar-refractivity contribution is -0.135. The van der Waals surface area contributed by atoms with Crippen LogP contribution in [0.5, 0.6) is 11.6 Å². The van der Waals surface area contributed by atoms with Crippen molar-refractivity contribution in [1.82, 2.24) is 15.2 Å². The lowest BCUT2D eigenvalue weighted by atomic mass is 10.1. The average molecular weight is 422 g/mol. The van der Waals surface area contributed by atoms with Gasteiger partial charge in [-0.05, 0) is 54.8 Å². The molecule has 1 saturated heterocycles. The zero-order valence-corrected chi connectivity index (χ0v) is 16.8. The molecule has 2 heterocycles. The number of aromatic nitrogens is 1. The van der Waals surface area contributed by atoms with Crippen molar-refractivity contribution >= 4 is 34.3 Å². The smallest absolute Gasteiger partial charge is 0.319 e. The van der Waals surface area contributed by atoms with Crippen molar-refractivity contribution in [1.29, 1.82) is 0 Å². The summed E-state index contributed by atoms with van der Waals surface area (Å²) in [4.78, 5) is 35.7. The normalized spacial score (nSPS) is 16.2. The van der Waals surface area contributed by atoms with E-state index in [0.717, 1.165) is 10.9 Å². The summed E-state index contributed by atoms with van der Waals surface area (Å²) in [6.07, 6.45) is 2.22. The van der Waals surface area contributed by atoms with Gasteiger partial charge in [0.25, 0.3) is 0 Å². The summed E-state index contributed by atoms with van der Waals surface area (Å²) in [5.41, 5.74) is 2.03. The molecule has 9 heteroatoms. The molecule has 3 aromatic rings. The van der Waals surface area contributed by atoms with E-state index in [9.17, 15) is 24.6 Å². The highest BCUT2D eigenvalue weighted by atomic mass is 16.3. The SMILES string of the molecule is Cc1cc(NC(=O)NCc2ccc3c(O)n(C4CCC(=O)NC4=O)cc3c2)ccc1O. The van der Waals surface area contributed by atoms with Crippen LogP contribution in [0.1, 0.15) is 30.0 Å². The molecule has 4 amide bonds. The van der Waals surface area contributed by atoms with E-state index in [1.165, 1.54) is 10.6 Å². The molecule has 1 fully saturated rings. The standard InChI is InChI=1S/C22H22N4O5/c1-12-8-15(3-6-18(12)27)24-22(31)23-10-13-2-4-16-14(9-13)11-26(21(16)30)17-5-7-19(28)25-20(17)29/h2-4,6,8-9,11,17,27,30H,5,7,10H2,1H3,(H2,23,24,31)(H,25,28,29). The molecule has 0 bridgehead atoms. The Hall–Kier alpha value is -4.01. The molecule has 0 radical (unpaired) electrons. The zero-order valence-electron chi connectivity index (χ0n) is 16.8. The summed E-state index contributed by atoms with van der Waals surface area (Å²) in [5.74, 6) is -0.627. The fraction of sp³-hybridized carbons (Fsp3) is 0.227. The highest BCUT2D eigenvalue weighted by molar-refractivity contribution is 6.00. The van der Waals surface area contributed by atoms with Crippen LogP contribution < -0.4 is 16.0 Å². The molecule has 1 aliphatic rings. The fourth-order valence-corrected chi connectivity index (χ4v) is 3.66. The Kier molecular flexibility index (Phi) is 5.24. The van der Waals surface area contributed by atoms with E-state index in [1.54, 1.807) is 37.4 Å². The maximum absolute atomic E-state index is 12.2. The Morgan fingerprint density at radius 3 is 2.74 bits per heavy atom. The first-order chi connectivity index (χ1) is 14.8. The van der Waals surface area contributed by atoms with Gasteiger partial charge < -0.3 is 25.4 Å². The van der Waals surface area contributed by atoms with E-state index in [2.05, 4.69) is 16.0 Å². The highest BCUT2D eigenvalue weighted by Gasteiger charge is 2.30. The van der Waals surface area contributed by atoms with Crippen LogP contribution in [0.2, 0.25) is 0 Å². The minimum absolute atomic E-state index is 0.0375. The van der Waals surface area contributed by atoms with Gasteiger partial charge in [-0.15, -0.1) is 0 Å². The summed E-state index contributed by atoms with van der Waals surface area (Å²) in [6, 6.07) is 9.07. The average Bonchev–Trinajstić information content (AvgIpc) is 3.05. The number of hydrogen-bond donors (Lipinski definition) is 5. The van der Waals surface area contributed by atoms with E-state index in [4.69, 9.17) is 0 Å². The minimum Gasteiger partial charge on any atom is -0.508 e. The number of phenols is 1. The number of anilines is 1. The van der Waals surface area contributed by atoms with Crippen molar-refractivity contribution in [2.24, 2.45) is 0 Å². The lowest BCUT2D eigenvalue weighted by Crippen LogP contribution is -2.41. The van der Waals surface area contributed by atoms with Crippen molar-refractivity contribution in [2.45, 2.75) is 32.4 Å². The van der Waals surface area contributed by atoms with E-state index >= 15 is 0 Å². The number of nitrogens with one attached hydrogen (secondary N) is 3. The van der Waals surface area contributed by atoms with Gasteiger partial charge in [0, 0.05) is 35.6 Å². The molecule has 0 aliphatic carbocycles. The third kappa shape index (κ3) is 4.16. The second-order valence-corrected chi connectivity index (χ2v) is 7.56. The van der Waals surface area contributed by atoms with Crippen molar-refractivity contribution in [2.75, 3.05) is 5.32 Å². The number of phenolic OH excluding ortho intramolecular Hbond substituents is 1. The molecule has 9 nitrogen and oxygen atoms in total. The van der Waals surface area contributed by atoms with E-state index in [1.807, 2.05) is 6.07 Å². The highest BCUT2D eigenvalue weighted by Crippen LogP contribution is 2.33. The van der Waals surface area contributed by atoms with Crippen LogP contribution in [-0.2, 0) is 16.1 Å². The summed E-state index contributed by atoms with van der Waals surface area (Å²) in [5, 5.41) is 29.2. The van der Waals surface area contributed by atoms with Crippen LogP contribution in [0.25, 0.3) is 10.8 Å². The number of aromatic hydroxyl groups is 2. The largest absolute Gasteiger partial charge is 0.508 e. The van der Waals surface area contributed by atoms with Gasteiger partial charge in [0.15, 0.2) is 5.88 Å². The van der Waals surface area contributed by atoms with E-state index in [0.29, 0.717) is 23.1 Å². The molecule has 1 aliphatic heterocycles. The monoisotopic (exact) mass is 422 g/mol. The van der Waals surface area contributed by atoms with Gasteiger partial charge in [0.05, 0.1) is 0 Å². The number of imide groups is 1. The quantitative estimate of drug-likeness (QED) is 0.326. The van der Waals surface area contributed by atoms with Crippen LogP contribution in [0.4, 0.5) is 10.5 Å². The number of urea groups is 1. The molecule has 4 rings (SSSR count). The molecule has 1 atom stereocenters. The first-order valence-corrected chi connectivity index (χ1v) is 9.82. The van der Waals surface area contributed by atoms with E-state index < -0.39 is 18.0 Å². The van der Waals surface area contributed by atoms with Crippen molar-refractivity contribution in [3.05, 3.63) is 53.7 Å². The second kappa shape index (κ2) is 8.02. The Bertz CT molecular complexity index is 1200. The van der Waals surface area contributed by atoms with Gasteiger partial charge in [-0.1, -0.05) is 6.07 Å². The Morgan fingerprint density at radius 1 is 1.19 bits per heavy atom. The number of fused-ring (bicyclic) bond motifs is 1. The number of amides is 4. The number of carbonyl (C=O) groups is 3.